The minimum absolute atomic E-state index is 0.210. The van der Waals surface area contributed by atoms with Crippen molar-refractivity contribution in [2.75, 3.05) is 19.8 Å². The molecule has 1 atom stereocenters. The van der Waals surface area contributed by atoms with Crippen molar-refractivity contribution in [3.63, 3.8) is 0 Å². The Labute approximate surface area is 123 Å². The van der Waals surface area contributed by atoms with Gasteiger partial charge in [0.2, 0.25) is 0 Å². The molecule has 1 aliphatic heterocycles. The summed E-state index contributed by atoms with van der Waals surface area (Å²) in [5.41, 5.74) is 2.56. The van der Waals surface area contributed by atoms with E-state index in [1.54, 1.807) is 11.3 Å². The highest BCUT2D eigenvalue weighted by atomic mass is 32.1. The van der Waals surface area contributed by atoms with E-state index in [0.717, 1.165) is 18.0 Å². The Morgan fingerprint density at radius 2 is 2.00 bits per heavy atom. The quantitative estimate of drug-likeness (QED) is 0.934. The average Bonchev–Trinajstić information content (AvgIpc) is 2.90. The molecule has 2 heterocycles. The van der Waals surface area contributed by atoms with Gasteiger partial charge in [-0.05, 0) is 48.2 Å². The van der Waals surface area contributed by atoms with E-state index in [1.165, 1.54) is 16.0 Å². The molecule has 0 aliphatic carbocycles. The molecule has 2 aromatic rings. The monoisotopic (exact) mass is 289 g/mol. The summed E-state index contributed by atoms with van der Waals surface area (Å²) >= 11 is 1.79. The summed E-state index contributed by atoms with van der Waals surface area (Å²) in [5, 5.41) is 5.71. The molecule has 0 saturated carbocycles. The van der Waals surface area contributed by atoms with E-state index < -0.39 is 0 Å². The molecule has 1 N–H and O–H groups in total. The summed E-state index contributed by atoms with van der Waals surface area (Å²) in [7, 11) is 0. The van der Waals surface area contributed by atoms with Crippen LogP contribution < -0.4 is 14.8 Å². The topological polar surface area (TPSA) is 30.5 Å². The van der Waals surface area contributed by atoms with Crippen molar-refractivity contribution in [1.82, 2.24) is 5.32 Å². The minimum Gasteiger partial charge on any atom is -0.486 e. The molecule has 4 heteroatoms. The van der Waals surface area contributed by atoms with Gasteiger partial charge >= 0.3 is 0 Å². The minimum atomic E-state index is 0.210. The molecule has 1 aromatic heterocycles. The Morgan fingerprint density at radius 3 is 2.70 bits per heavy atom. The zero-order chi connectivity index (χ0) is 13.9. The number of hydrogen-bond acceptors (Lipinski definition) is 4. The molecule has 0 spiro atoms. The number of aryl methyl sites for hydroxylation is 1. The summed E-state index contributed by atoms with van der Waals surface area (Å²) in [5.74, 6) is 1.70. The fraction of sp³-hybridized carbons (Fsp3) is 0.375. The van der Waals surface area contributed by atoms with Crippen molar-refractivity contribution in [3.05, 3.63) is 45.6 Å². The van der Waals surface area contributed by atoms with Crippen molar-refractivity contribution >= 4 is 11.3 Å². The van der Waals surface area contributed by atoms with Crippen LogP contribution in [0.2, 0.25) is 0 Å². The number of rotatable bonds is 4. The largest absolute Gasteiger partial charge is 0.486 e. The third-order valence-electron chi connectivity index (χ3n) is 3.52. The molecule has 3 nitrogen and oxygen atoms in total. The summed E-state index contributed by atoms with van der Waals surface area (Å²) in [4.78, 5) is 1.35. The molecule has 3 rings (SSSR count). The Morgan fingerprint density at radius 1 is 1.20 bits per heavy atom. The van der Waals surface area contributed by atoms with Gasteiger partial charge in [0.15, 0.2) is 11.5 Å². The predicted octanol–water partition coefficient (Wildman–Crippen LogP) is 3.53. The lowest BCUT2D eigenvalue weighted by Gasteiger charge is -2.23. The Bertz CT molecular complexity index is 594. The van der Waals surface area contributed by atoms with Crippen LogP contribution in [0.4, 0.5) is 0 Å². The van der Waals surface area contributed by atoms with E-state index in [0.29, 0.717) is 13.2 Å². The van der Waals surface area contributed by atoms with Gasteiger partial charge in [-0.2, -0.15) is 0 Å². The molecule has 0 radical (unpaired) electrons. The van der Waals surface area contributed by atoms with Gasteiger partial charge < -0.3 is 14.8 Å². The van der Waals surface area contributed by atoms with Crippen LogP contribution >= 0.6 is 11.3 Å². The Balaban J connectivity index is 1.97. The number of hydrogen-bond donors (Lipinski definition) is 1. The lowest BCUT2D eigenvalue weighted by Crippen LogP contribution is -2.23. The maximum atomic E-state index is 5.69. The molecule has 1 unspecified atom stereocenters. The maximum Gasteiger partial charge on any atom is 0.161 e. The summed E-state index contributed by atoms with van der Waals surface area (Å²) in [6, 6.07) is 8.64. The fourth-order valence-corrected chi connectivity index (χ4v) is 3.29. The van der Waals surface area contributed by atoms with E-state index in [1.807, 2.05) is 6.07 Å². The first-order valence-electron chi connectivity index (χ1n) is 6.96. The standard InChI is InChI=1S/C16H19NO2S/c1-3-17-16(13-6-9-20-11(13)2)12-4-5-14-15(10-12)19-8-7-18-14/h4-6,9-10,16-17H,3,7-8H2,1-2H3. The third kappa shape index (κ3) is 2.53. The molecule has 1 aliphatic rings. The van der Waals surface area contributed by atoms with Gasteiger partial charge in [0.1, 0.15) is 13.2 Å². The zero-order valence-electron chi connectivity index (χ0n) is 11.8. The maximum absolute atomic E-state index is 5.69. The van der Waals surface area contributed by atoms with Crippen LogP contribution in [0.15, 0.2) is 29.6 Å². The highest BCUT2D eigenvalue weighted by Gasteiger charge is 2.19. The van der Waals surface area contributed by atoms with Crippen LogP contribution in [0.5, 0.6) is 11.5 Å². The van der Waals surface area contributed by atoms with Crippen LogP contribution in [-0.4, -0.2) is 19.8 Å². The lowest BCUT2D eigenvalue weighted by atomic mass is 9.99. The van der Waals surface area contributed by atoms with Crippen LogP contribution in [0.1, 0.15) is 29.0 Å². The van der Waals surface area contributed by atoms with E-state index >= 15 is 0 Å². The summed E-state index contributed by atoms with van der Waals surface area (Å²) in [6.07, 6.45) is 0. The highest BCUT2D eigenvalue weighted by Crippen LogP contribution is 2.35. The second-order valence-electron chi connectivity index (χ2n) is 4.83. The normalized spacial score (nSPS) is 15.1. The van der Waals surface area contributed by atoms with E-state index in [9.17, 15) is 0 Å². The van der Waals surface area contributed by atoms with E-state index in [4.69, 9.17) is 9.47 Å². The van der Waals surface area contributed by atoms with Crippen molar-refractivity contribution in [2.24, 2.45) is 0 Å². The first kappa shape index (κ1) is 13.5. The summed E-state index contributed by atoms with van der Waals surface area (Å²) < 4.78 is 11.3. The van der Waals surface area contributed by atoms with Gasteiger partial charge in [-0.25, -0.2) is 0 Å². The van der Waals surface area contributed by atoms with Crippen LogP contribution in [0, 0.1) is 6.92 Å². The van der Waals surface area contributed by atoms with Gasteiger partial charge in [0.25, 0.3) is 0 Å². The van der Waals surface area contributed by atoms with Gasteiger partial charge in [-0.15, -0.1) is 11.3 Å². The van der Waals surface area contributed by atoms with Crippen molar-refractivity contribution < 1.29 is 9.47 Å². The van der Waals surface area contributed by atoms with Crippen LogP contribution in [0.25, 0.3) is 0 Å². The molecule has 106 valence electrons. The summed E-state index contributed by atoms with van der Waals surface area (Å²) in [6.45, 7) is 6.48. The number of fused-ring (bicyclic) bond motifs is 1. The predicted molar refractivity (Wildman–Crippen MR) is 82.0 cm³/mol. The molecule has 1 aromatic carbocycles. The first-order valence-corrected chi connectivity index (χ1v) is 7.84. The molecule has 20 heavy (non-hydrogen) atoms. The lowest BCUT2D eigenvalue weighted by molar-refractivity contribution is 0.171. The molecule has 0 saturated heterocycles. The van der Waals surface area contributed by atoms with Crippen molar-refractivity contribution in [1.29, 1.82) is 0 Å². The molecule has 0 fully saturated rings. The van der Waals surface area contributed by atoms with Gasteiger partial charge in [0.05, 0.1) is 6.04 Å². The second kappa shape index (κ2) is 5.85. The second-order valence-corrected chi connectivity index (χ2v) is 5.95. The number of nitrogens with one attached hydrogen (secondary N) is 1. The molecule has 0 amide bonds. The number of benzene rings is 1. The zero-order valence-corrected chi connectivity index (χ0v) is 12.6. The van der Waals surface area contributed by atoms with Crippen LogP contribution in [-0.2, 0) is 0 Å². The fourth-order valence-electron chi connectivity index (χ4n) is 2.55. The Kier molecular flexibility index (Phi) is 3.94. The van der Waals surface area contributed by atoms with Crippen molar-refractivity contribution in [3.8, 4) is 11.5 Å². The molecular formula is C16H19NO2S. The Hall–Kier alpha value is -1.52. The number of ether oxygens (including phenoxy) is 2. The van der Waals surface area contributed by atoms with Crippen molar-refractivity contribution in [2.45, 2.75) is 19.9 Å². The third-order valence-corrected chi connectivity index (χ3v) is 4.38. The molecular weight excluding hydrogens is 270 g/mol. The first-order chi connectivity index (χ1) is 9.79. The van der Waals surface area contributed by atoms with Crippen LogP contribution in [0.3, 0.4) is 0 Å². The van der Waals surface area contributed by atoms with Gasteiger partial charge in [0, 0.05) is 4.88 Å². The number of thiophene rings is 1. The van der Waals surface area contributed by atoms with E-state index in [-0.39, 0.29) is 6.04 Å². The smallest absolute Gasteiger partial charge is 0.161 e. The van der Waals surface area contributed by atoms with E-state index in [2.05, 4.69) is 42.7 Å². The highest BCUT2D eigenvalue weighted by molar-refractivity contribution is 7.10. The SMILES string of the molecule is CCNC(c1ccc2c(c1)OCCO2)c1ccsc1C. The van der Waals surface area contributed by atoms with Gasteiger partial charge in [-0.1, -0.05) is 13.0 Å². The van der Waals surface area contributed by atoms with Gasteiger partial charge in [-0.3, -0.25) is 0 Å². The average molecular weight is 289 g/mol. The molecule has 0 bridgehead atoms.